The lowest BCUT2D eigenvalue weighted by molar-refractivity contribution is -0.119. The molecule has 0 radical (unpaired) electrons. The SMILES string of the molecule is CC(C)NC(=O)c1ccc(NC(=O)CC2CNCCO2)cc1.Cl. The molecule has 0 spiro atoms. The summed E-state index contributed by atoms with van der Waals surface area (Å²) in [6, 6.07) is 6.95. The third-order valence-electron chi connectivity index (χ3n) is 3.27. The topological polar surface area (TPSA) is 79.5 Å². The van der Waals surface area contributed by atoms with Gasteiger partial charge in [0.2, 0.25) is 5.91 Å². The summed E-state index contributed by atoms with van der Waals surface area (Å²) in [5.74, 6) is -0.206. The Balaban J connectivity index is 0.00000264. The van der Waals surface area contributed by atoms with Gasteiger partial charge in [-0.1, -0.05) is 0 Å². The highest BCUT2D eigenvalue weighted by Crippen LogP contribution is 2.11. The van der Waals surface area contributed by atoms with Crippen LogP contribution in [0.2, 0.25) is 0 Å². The summed E-state index contributed by atoms with van der Waals surface area (Å²) in [6.45, 7) is 5.99. The van der Waals surface area contributed by atoms with Gasteiger partial charge in [0.1, 0.15) is 0 Å². The van der Waals surface area contributed by atoms with Crippen molar-refractivity contribution >= 4 is 29.9 Å². The Kier molecular flexibility index (Phi) is 8.02. The van der Waals surface area contributed by atoms with Crippen LogP contribution in [0.1, 0.15) is 30.6 Å². The molecule has 1 unspecified atom stereocenters. The average molecular weight is 342 g/mol. The maximum absolute atomic E-state index is 11.9. The molecule has 6 nitrogen and oxygen atoms in total. The molecule has 7 heteroatoms. The second kappa shape index (κ2) is 9.50. The van der Waals surface area contributed by atoms with Crippen molar-refractivity contribution in [3.05, 3.63) is 29.8 Å². The summed E-state index contributed by atoms with van der Waals surface area (Å²) in [5.41, 5.74) is 1.25. The van der Waals surface area contributed by atoms with E-state index in [1.165, 1.54) is 0 Å². The molecule has 0 aromatic heterocycles. The highest BCUT2D eigenvalue weighted by Gasteiger charge is 2.17. The number of carbonyl (C=O) groups is 2. The van der Waals surface area contributed by atoms with Crippen molar-refractivity contribution in [2.45, 2.75) is 32.4 Å². The molecule has 2 rings (SSSR count). The fourth-order valence-electron chi connectivity index (χ4n) is 2.22. The van der Waals surface area contributed by atoms with E-state index in [-0.39, 0.29) is 36.4 Å². The maximum Gasteiger partial charge on any atom is 0.251 e. The Labute approximate surface area is 142 Å². The molecule has 0 bridgehead atoms. The summed E-state index contributed by atoms with van der Waals surface area (Å²) in [6.07, 6.45) is 0.243. The van der Waals surface area contributed by atoms with Crippen LogP contribution in [-0.2, 0) is 9.53 Å². The standard InChI is InChI=1S/C16H23N3O3.ClH/c1-11(2)18-16(21)12-3-5-13(6-4-12)19-15(20)9-14-10-17-7-8-22-14;/h3-6,11,14,17H,7-10H2,1-2H3,(H,18,21)(H,19,20);1H. The Morgan fingerprint density at radius 2 is 2.00 bits per heavy atom. The molecule has 3 N–H and O–H groups in total. The first-order chi connectivity index (χ1) is 10.5. The number of morpholine rings is 1. The van der Waals surface area contributed by atoms with Crippen LogP contribution in [0.4, 0.5) is 5.69 Å². The van der Waals surface area contributed by atoms with Gasteiger partial charge in [0.05, 0.1) is 19.1 Å². The molecule has 128 valence electrons. The Hall–Kier alpha value is -1.63. The molecule has 1 aromatic carbocycles. The molecule has 23 heavy (non-hydrogen) atoms. The van der Waals surface area contributed by atoms with Gasteiger partial charge in [-0.25, -0.2) is 0 Å². The second-order valence-corrected chi connectivity index (χ2v) is 5.65. The number of benzene rings is 1. The second-order valence-electron chi connectivity index (χ2n) is 5.65. The lowest BCUT2D eigenvalue weighted by Gasteiger charge is -2.23. The zero-order valence-electron chi connectivity index (χ0n) is 13.4. The van der Waals surface area contributed by atoms with E-state index in [1.807, 2.05) is 13.8 Å². The first kappa shape index (κ1) is 19.4. The Bertz CT molecular complexity index is 514. The normalized spacial score (nSPS) is 17.3. The van der Waals surface area contributed by atoms with Crippen molar-refractivity contribution in [2.75, 3.05) is 25.0 Å². The summed E-state index contributed by atoms with van der Waals surface area (Å²) in [5, 5.41) is 8.83. The van der Waals surface area contributed by atoms with Gasteiger partial charge in [-0.15, -0.1) is 12.4 Å². The smallest absolute Gasteiger partial charge is 0.251 e. The third kappa shape index (κ3) is 6.56. The van der Waals surface area contributed by atoms with Crippen LogP contribution in [-0.4, -0.2) is 43.7 Å². The van der Waals surface area contributed by atoms with E-state index in [4.69, 9.17) is 4.74 Å². The van der Waals surface area contributed by atoms with Crippen molar-refractivity contribution in [1.82, 2.24) is 10.6 Å². The highest BCUT2D eigenvalue weighted by atomic mass is 35.5. The van der Waals surface area contributed by atoms with Gasteiger partial charge < -0.3 is 20.7 Å². The predicted molar refractivity (Wildman–Crippen MR) is 92.1 cm³/mol. The van der Waals surface area contributed by atoms with Crippen molar-refractivity contribution in [3.63, 3.8) is 0 Å². The number of rotatable bonds is 5. The molecular formula is C16H24ClN3O3. The molecule has 1 aromatic rings. The molecule has 2 amide bonds. The van der Waals surface area contributed by atoms with Gasteiger partial charge in [-0.3, -0.25) is 9.59 Å². The number of anilines is 1. The monoisotopic (exact) mass is 341 g/mol. The first-order valence-corrected chi connectivity index (χ1v) is 7.57. The molecule has 1 atom stereocenters. The van der Waals surface area contributed by atoms with Crippen LogP contribution in [0.25, 0.3) is 0 Å². The quantitative estimate of drug-likeness (QED) is 0.759. The van der Waals surface area contributed by atoms with Crippen molar-refractivity contribution in [3.8, 4) is 0 Å². The van der Waals surface area contributed by atoms with Crippen LogP contribution in [0.15, 0.2) is 24.3 Å². The van der Waals surface area contributed by atoms with E-state index < -0.39 is 0 Å². The number of halogens is 1. The van der Waals surface area contributed by atoms with Gasteiger partial charge in [0.15, 0.2) is 0 Å². The number of hydrogen-bond acceptors (Lipinski definition) is 4. The molecule has 0 saturated carbocycles. The molecule has 1 aliphatic rings. The maximum atomic E-state index is 11.9. The Morgan fingerprint density at radius 1 is 1.30 bits per heavy atom. The largest absolute Gasteiger partial charge is 0.375 e. The van der Waals surface area contributed by atoms with Crippen LogP contribution >= 0.6 is 12.4 Å². The van der Waals surface area contributed by atoms with Gasteiger partial charge in [0, 0.05) is 30.4 Å². The van der Waals surface area contributed by atoms with E-state index in [0.717, 1.165) is 6.54 Å². The summed E-state index contributed by atoms with van der Waals surface area (Å²) >= 11 is 0. The van der Waals surface area contributed by atoms with E-state index in [9.17, 15) is 9.59 Å². The minimum absolute atomic E-state index is 0. The summed E-state index contributed by atoms with van der Waals surface area (Å²) in [7, 11) is 0. The van der Waals surface area contributed by atoms with Crippen molar-refractivity contribution in [1.29, 1.82) is 0 Å². The Morgan fingerprint density at radius 3 is 2.57 bits per heavy atom. The van der Waals surface area contributed by atoms with E-state index >= 15 is 0 Å². The van der Waals surface area contributed by atoms with E-state index in [1.54, 1.807) is 24.3 Å². The summed E-state index contributed by atoms with van der Waals surface area (Å²) < 4.78 is 5.50. The molecule has 1 saturated heterocycles. The van der Waals surface area contributed by atoms with Crippen LogP contribution in [0, 0.1) is 0 Å². The molecular weight excluding hydrogens is 318 g/mol. The third-order valence-corrected chi connectivity index (χ3v) is 3.27. The van der Waals surface area contributed by atoms with Crippen LogP contribution in [0.5, 0.6) is 0 Å². The van der Waals surface area contributed by atoms with Gasteiger partial charge in [0.25, 0.3) is 5.91 Å². The number of ether oxygens (including phenoxy) is 1. The lowest BCUT2D eigenvalue weighted by Crippen LogP contribution is -2.40. The molecule has 1 heterocycles. The van der Waals surface area contributed by atoms with E-state index in [2.05, 4.69) is 16.0 Å². The minimum Gasteiger partial charge on any atom is -0.375 e. The zero-order chi connectivity index (χ0) is 15.9. The van der Waals surface area contributed by atoms with E-state index in [0.29, 0.717) is 30.8 Å². The summed E-state index contributed by atoms with van der Waals surface area (Å²) in [4.78, 5) is 23.8. The molecule has 0 aliphatic carbocycles. The fourth-order valence-corrected chi connectivity index (χ4v) is 2.22. The average Bonchev–Trinajstić information content (AvgIpc) is 2.48. The highest BCUT2D eigenvalue weighted by molar-refractivity contribution is 5.96. The van der Waals surface area contributed by atoms with Gasteiger partial charge in [-0.05, 0) is 38.1 Å². The first-order valence-electron chi connectivity index (χ1n) is 7.57. The van der Waals surface area contributed by atoms with Crippen molar-refractivity contribution in [2.24, 2.45) is 0 Å². The van der Waals surface area contributed by atoms with Crippen LogP contribution in [0.3, 0.4) is 0 Å². The predicted octanol–water partition coefficient (Wildman–Crippen LogP) is 1.56. The van der Waals surface area contributed by atoms with Crippen molar-refractivity contribution < 1.29 is 14.3 Å². The molecule has 1 aliphatic heterocycles. The number of hydrogen-bond donors (Lipinski definition) is 3. The fraction of sp³-hybridized carbons (Fsp3) is 0.500. The molecule has 1 fully saturated rings. The number of nitrogens with one attached hydrogen (secondary N) is 3. The number of carbonyl (C=O) groups excluding carboxylic acids is 2. The van der Waals surface area contributed by atoms with Gasteiger partial charge in [-0.2, -0.15) is 0 Å². The van der Waals surface area contributed by atoms with Gasteiger partial charge >= 0.3 is 0 Å². The number of amides is 2. The lowest BCUT2D eigenvalue weighted by atomic mass is 10.1. The minimum atomic E-state index is -0.116. The zero-order valence-corrected chi connectivity index (χ0v) is 14.2. The van der Waals surface area contributed by atoms with Crippen LogP contribution < -0.4 is 16.0 Å².